The van der Waals surface area contributed by atoms with E-state index in [0.717, 1.165) is 42.5 Å². The first-order valence-electron chi connectivity index (χ1n) is 10.3. The highest BCUT2D eigenvalue weighted by Crippen LogP contribution is 2.32. The molecule has 0 saturated carbocycles. The highest BCUT2D eigenvalue weighted by Gasteiger charge is 2.20. The van der Waals surface area contributed by atoms with Crippen molar-refractivity contribution in [3.8, 4) is 5.75 Å². The maximum atomic E-state index is 5.26. The molecule has 0 unspecified atom stereocenters. The van der Waals surface area contributed by atoms with Gasteiger partial charge in [-0.15, -0.1) is 11.3 Å². The van der Waals surface area contributed by atoms with Crippen LogP contribution < -0.4 is 19.9 Å². The summed E-state index contributed by atoms with van der Waals surface area (Å²) in [7, 11) is 1.71. The minimum Gasteiger partial charge on any atom is -0.497 e. The number of methoxy groups -OCH3 is 1. The highest BCUT2D eigenvalue weighted by atomic mass is 32.1. The molecule has 0 aliphatic carbocycles. The lowest BCUT2D eigenvalue weighted by atomic mass is 10.2. The lowest BCUT2D eigenvalue weighted by Gasteiger charge is -2.33. The number of aryl methyl sites for hydroxylation is 2. The van der Waals surface area contributed by atoms with Crippen molar-refractivity contribution in [1.82, 2.24) is 9.97 Å². The Morgan fingerprint density at radius 1 is 1.14 bits per heavy atom. The number of hydrogen-bond donors (Lipinski definition) is 2. The molecule has 2 N–H and O–H groups in total. The first-order chi connectivity index (χ1) is 14.2. The quantitative estimate of drug-likeness (QED) is 0.584. The molecular weight excluding hydrogens is 382 g/mol. The molecule has 1 saturated heterocycles. The number of ether oxygens (including phenoxy) is 1. The van der Waals surface area contributed by atoms with Crippen LogP contribution in [0.2, 0.25) is 0 Å². The molecule has 3 aromatic rings. The van der Waals surface area contributed by atoms with E-state index in [1.165, 1.54) is 41.1 Å². The number of piperazine rings is 1. The number of hydrogen-bond acceptors (Lipinski definition) is 6. The molecule has 154 valence electrons. The Morgan fingerprint density at radius 2 is 1.90 bits per heavy atom. The monoisotopic (exact) mass is 412 g/mol. The number of fused-ring (bicyclic) bond motifs is 1. The van der Waals surface area contributed by atoms with Crippen LogP contribution in [0.25, 0.3) is 10.2 Å². The standard InChI is InChI=1S/C22H29N5OS/c1-16-17(2)29-22-20(16)21(24-15-25-22)23-9-4-10-26-11-13-27(14-12-26)18-5-7-19(28-3)8-6-18/h5-8,15H,4,9-14H2,1-3H3,(H,23,24,25)/p+1. The van der Waals surface area contributed by atoms with E-state index < -0.39 is 0 Å². The van der Waals surface area contributed by atoms with Crippen LogP contribution in [-0.4, -0.2) is 56.3 Å². The van der Waals surface area contributed by atoms with Crippen molar-refractivity contribution in [3.05, 3.63) is 41.0 Å². The zero-order valence-electron chi connectivity index (χ0n) is 17.5. The summed E-state index contributed by atoms with van der Waals surface area (Å²) < 4.78 is 5.26. The van der Waals surface area contributed by atoms with Gasteiger partial charge in [-0.2, -0.15) is 0 Å². The first kappa shape index (κ1) is 19.9. The summed E-state index contributed by atoms with van der Waals surface area (Å²) in [5.74, 6) is 1.90. The lowest BCUT2D eigenvalue weighted by molar-refractivity contribution is -0.900. The third-order valence-electron chi connectivity index (χ3n) is 5.87. The van der Waals surface area contributed by atoms with Crippen LogP contribution in [0.3, 0.4) is 0 Å². The average Bonchev–Trinajstić information content (AvgIpc) is 3.06. The third-order valence-corrected chi connectivity index (χ3v) is 6.99. The molecule has 2 aromatic heterocycles. The third kappa shape index (κ3) is 4.46. The molecule has 1 aliphatic heterocycles. The van der Waals surface area contributed by atoms with Crippen molar-refractivity contribution in [1.29, 1.82) is 0 Å². The molecule has 0 radical (unpaired) electrons. The number of rotatable bonds is 7. The van der Waals surface area contributed by atoms with Gasteiger partial charge in [-0.3, -0.25) is 0 Å². The van der Waals surface area contributed by atoms with Gasteiger partial charge < -0.3 is 19.9 Å². The Labute approximate surface area is 176 Å². The minimum atomic E-state index is 0.916. The van der Waals surface area contributed by atoms with E-state index in [0.29, 0.717) is 0 Å². The Kier molecular flexibility index (Phi) is 6.16. The molecule has 6 nitrogen and oxygen atoms in total. The number of benzene rings is 1. The van der Waals surface area contributed by atoms with E-state index in [-0.39, 0.29) is 0 Å². The maximum absolute atomic E-state index is 5.26. The molecule has 7 heteroatoms. The maximum Gasteiger partial charge on any atom is 0.138 e. The lowest BCUT2D eigenvalue weighted by Crippen LogP contribution is -3.14. The zero-order chi connectivity index (χ0) is 20.2. The topological polar surface area (TPSA) is 54.7 Å². The molecule has 29 heavy (non-hydrogen) atoms. The molecule has 0 amide bonds. The molecule has 4 rings (SSSR count). The van der Waals surface area contributed by atoms with E-state index in [4.69, 9.17) is 4.74 Å². The predicted octanol–water partition coefficient (Wildman–Crippen LogP) is 2.52. The largest absolute Gasteiger partial charge is 0.497 e. The normalized spacial score (nSPS) is 15.1. The Balaban J connectivity index is 1.23. The predicted molar refractivity (Wildman–Crippen MR) is 121 cm³/mol. The average molecular weight is 413 g/mol. The van der Waals surface area contributed by atoms with E-state index in [1.807, 2.05) is 12.1 Å². The summed E-state index contributed by atoms with van der Waals surface area (Å²) in [4.78, 5) is 15.5. The summed E-state index contributed by atoms with van der Waals surface area (Å²) in [6.45, 7) is 11.0. The van der Waals surface area contributed by atoms with E-state index in [9.17, 15) is 0 Å². The molecule has 3 heterocycles. The first-order valence-corrected chi connectivity index (χ1v) is 11.1. The van der Waals surface area contributed by atoms with Crippen molar-refractivity contribution in [2.45, 2.75) is 20.3 Å². The summed E-state index contributed by atoms with van der Waals surface area (Å²) in [6, 6.07) is 8.40. The van der Waals surface area contributed by atoms with Gasteiger partial charge in [0.15, 0.2) is 0 Å². The minimum absolute atomic E-state index is 0.916. The van der Waals surface area contributed by atoms with Crippen LogP contribution in [-0.2, 0) is 0 Å². The van der Waals surface area contributed by atoms with E-state index in [2.05, 4.69) is 46.2 Å². The molecular formula is C22H30N5OS+. The smallest absolute Gasteiger partial charge is 0.138 e. The van der Waals surface area contributed by atoms with Crippen LogP contribution in [0, 0.1) is 13.8 Å². The van der Waals surface area contributed by atoms with Crippen molar-refractivity contribution in [3.63, 3.8) is 0 Å². The van der Waals surface area contributed by atoms with Crippen molar-refractivity contribution >= 4 is 33.1 Å². The summed E-state index contributed by atoms with van der Waals surface area (Å²) in [6.07, 6.45) is 2.81. The summed E-state index contributed by atoms with van der Waals surface area (Å²) in [5, 5.41) is 4.74. The van der Waals surface area contributed by atoms with Gasteiger partial charge in [0, 0.05) is 23.5 Å². The highest BCUT2D eigenvalue weighted by molar-refractivity contribution is 7.18. The van der Waals surface area contributed by atoms with Crippen molar-refractivity contribution in [2.24, 2.45) is 0 Å². The van der Waals surface area contributed by atoms with Gasteiger partial charge >= 0.3 is 0 Å². The number of thiophene rings is 1. The van der Waals surface area contributed by atoms with Crippen LogP contribution in [0.15, 0.2) is 30.6 Å². The Bertz CT molecular complexity index is 948. The number of aromatic nitrogens is 2. The fourth-order valence-corrected chi connectivity index (χ4v) is 4.98. The molecule has 1 aliphatic rings. The van der Waals surface area contributed by atoms with Crippen LogP contribution in [0.4, 0.5) is 11.5 Å². The number of nitrogens with one attached hydrogen (secondary N) is 2. The Morgan fingerprint density at radius 3 is 2.62 bits per heavy atom. The van der Waals surface area contributed by atoms with Crippen molar-refractivity contribution < 1.29 is 9.64 Å². The fourth-order valence-electron chi connectivity index (χ4n) is 3.99. The zero-order valence-corrected chi connectivity index (χ0v) is 18.3. The van der Waals surface area contributed by atoms with Crippen LogP contribution in [0.5, 0.6) is 5.75 Å². The van der Waals surface area contributed by atoms with Crippen LogP contribution in [0.1, 0.15) is 16.9 Å². The van der Waals surface area contributed by atoms with Gasteiger partial charge in [-0.1, -0.05) is 0 Å². The van der Waals surface area contributed by atoms with Crippen LogP contribution >= 0.6 is 11.3 Å². The van der Waals surface area contributed by atoms with Gasteiger partial charge in [-0.05, 0) is 43.7 Å². The van der Waals surface area contributed by atoms with Crippen molar-refractivity contribution in [2.75, 3.05) is 56.6 Å². The SMILES string of the molecule is COc1ccc(N2CC[NH+](CCCNc3ncnc4sc(C)c(C)c34)CC2)cc1. The van der Waals surface area contributed by atoms with Gasteiger partial charge in [0.05, 0.1) is 45.2 Å². The summed E-state index contributed by atoms with van der Waals surface area (Å²) >= 11 is 1.75. The molecule has 0 atom stereocenters. The second kappa shape index (κ2) is 8.97. The second-order valence-corrected chi connectivity index (χ2v) is 8.85. The Hall–Kier alpha value is -2.38. The molecule has 1 aromatic carbocycles. The van der Waals surface area contributed by atoms with Gasteiger partial charge in [-0.25, -0.2) is 9.97 Å². The fraction of sp³-hybridized carbons (Fsp3) is 0.455. The molecule has 0 bridgehead atoms. The summed E-state index contributed by atoms with van der Waals surface area (Å²) in [5.41, 5.74) is 2.59. The number of anilines is 2. The van der Waals surface area contributed by atoms with Gasteiger partial charge in [0.25, 0.3) is 0 Å². The number of nitrogens with zero attached hydrogens (tertiary/aromatic N) is 3. The van der Waals surface area contributed by atoms with Gasteiger partial charge in [0.2, 0.25) is 0 Å². The van der Waals surface area contributed by atoms with E-state index in [1.54, 1.807) is 29.7 Å². The van der Waals surface area contributed by atoms with Gasteiger partial charge in [0.1, 0.15) is 22.7 Å². The molecule has 0 spiro atoms. The number of quaternary nitrogens is 1. The second-order valence-electron chi connectivity index (χ2n) is 7.65. The van der Waals surface area contributed by atoms with E-state index >= 15 is 0 Å². The molecule has 1 fully saturated rings.